The van der Waals surface area contributed by atoms with Crippen molar-refractivity contribution in [2.75, 3.05) is 18.1 Å². The Labute approximate surface area is 88.3 Å². The van der Waals surface area contributed by atoms with Crippen molar-refractivity contribution in [3.8, 4) is 17.2 Å². The molecule has 15 heavy (non-hydrogen) atoms. The molecular formula is C10H16N2O3. The van der Waals surface area contributed by atoms with Gasteiger partial charge in [-0.1, -0.05) is 6.92 Å². The number of hydrogen-bond acceptors (Lipinski definition) is 5. The molecule has 0 radical (unpaired) electrons. The molecule has 0 aliphatic heterocycles. The molecule has 0 aliphatic carbocycles. The molecule has 0 aliphatic rings. The molecule has 0 unspecified atom stereocenters. The largest absolute Gasteiger partial charge is 0.505 e. The van der Waals surface area contributed by atoms with E-state index in [2.05, 4.69) is 0 Å². The van der Waals surface area contributed by atoms with Crippen molar-refractivity contribution in [2.45, 2.75) is 20.3 Å². The monoisotopic (exact) mass is 212 g/mol. The van der Waals surface area contributed by atoms with Crippen molar-refractivity contribution in [2.24, 2.45) is 0 Å². The van der Waals surface area contributed by atoms with Crippen molar-refractivity contribution in [1.29, 1.82) is 0 Å². The fraction of sp³-hybridized carbons (Fsp3) is 0.400. The highest BCUT2D eigenvalue weighted by atomic mass is 16.5. The van der Waals surface area contributed by atoms with Gasteiger partial charge in [0.25, 0.3) is 0 Å². The number of anilines is 2. The molecule has 0 saturated heterocycles. The van der Waals surface area contributed by atoms with Crippen LogP contribution in [0.1, 0.15) is 19.4 Å². The van der Waals surface area contributed by atoms with Crippen molar-refractivity contribution < 1.29 is 14.9 Å². The average molecular weight is 212 g/mol. The summed E-state index contributed by atoms with van der Waals surface area (Å²) in [6.07, 6.45) is 0.443. The molecular weight excluding hydrogens is 196 g/mol. The molecule has 5 heteroatoms. The molecule has 0 fully saturated rings. The number of ether oxygens (including phenoxy) is 1. The summed E-state index contributed by atoms with van der Waals surface area (Å²) in [5.74, 6) is -0.176. The quantitative estimate of drug-likeness (QED) is 0.343. The topological polar surface area (TPSA) is 102 Å². The molecule has 1 aromatic carbocycles. The second-order valence-corrected chi connectivity index (χ2v) is 3.12. The van der Waals surface area contributed by atoms with Gasteiger partial charge in [-0.05, 0) is 13.3 Å². The molecule has 0 bridgehead atoms. The van der Waals surface area contributed by atoms with E-state index in [0.29, 0.717) is 18.6 Å². The molecule has 0 heterocycles. The Morgan fingerprint density at radius 3 is 1.87 bits per heavy atom. The van der Waals surface area contributed by atoms with Crippen LogP contribution in [0.3, 0.4) is 0 Å². The fourth-order valence-corrected chi connectivity index (χ4v) is 1.43. The van der Waals surface area contributed by atoms with Gasteiger partial charge in [-0.3, -0.25) is 0 Å². The van der Waals surface area contributed by atoms with E-state index < -0.39 is 0 Å². The van der Waals surface area contributed by atoms with Crippen LogP contribution in [0.2, 0.25) is 0 Å². The van der Waals surface area contributed by atoms with Gasteiger partial charge in [0.2, 0.25) is 0 Å². The van der Waals surface area contributed by atoms with Gasteiger partial charge < -0.3 is 26.4 Å². The Balaban J connectivity index is 3.44. The number of phenols is 2. The minimum Gasteiger partial charge on any atom is -0.505 e. The first-order valence-electron chi connectivity index (χ1n) is 4.79. The maximum absolute atomic E-state index is 9.69. The third-order valence-corrected chi connectivity index (χ3v) is 2.21. The average Bonchev–Trinajstić information content (AvgIpc) is 2.23. The number of nitrogens with two attached hydrogens (primary N) is 2. The van der Waals surface area contributed by atoms with E-state index in [1.807, 2.05) is 0 Å². The van der Waals surface area contributed by atoms with E-state index in [1.54, 1.807) is 13.8 Å². The van der Waals surface area contributed by atoms with Gasteiger partial charge in [-0.2, -0.15) is 0 Å². The van der Waals surface area contributed by atoms with Crippen LogP contribution in [0, 0.1) is 0 Å². The first-order chi connectivity index (χ1) is 7.04. The summed E-state index contributed by atoms with van der Waals surface area (Å²) in [6.45, 7) is 3.91. The minimum atomic E-state index is -0.160. The summed E-state index contributed by atoms with van der Waals surface area (Å²) in [4.78, 5) is 0. The molecule has 84 valence electrons. The van der Waals surface area contributed by atoms with Crippen LogP contribution >= 0.6 is 0 Å². The highest BCUT2D eigenvalue weighted by molar-refractivity contribution is 5.81. The maximum atomic E-state index is 9.69. The zero-order valence-corrected chi connectivity index (χ0v) is 8.87. The van der Waals surface area contributed by atoms with Gasteiger partial charge in [0.05, 0.1) is 6.61 Å². The lowest BCUT2D eigenvalue weighted by Gasteiger charge is -2.16. The lowest BCUT2D eigenvalue weighted by Crippen LogP contribution is -2.04. The standard InChI is InChI=1S/C10H16N2O3/c1-3-5-8(13)6(11)10(15-4-2)7(12)9(5)14/h13-14H,3-4,11-12H2,1-2H3. The third kappa shape index (κ3) is 1.72. The molecule has 0 atom stereocenters. The minimum absolute atomic E-state index is 0.0731. The van der Waals surface area contributed by atoms with Gasteiger partial charge in [-0.15, -0.1) is 0 Å². The second-order valence-electron chi connectivity index (χ2n) is 3.12. The first-order valence-corrected chi connectivity index (χ1v) is 4.79. The fourth-order valence-electron chi connectivity index (χ4n) is 1.43. The second kappa shape index (κ2) is 4.16. The van der Waals surface area contributed by atoms with E-state index in [-0.39, 0.29) is 28.6 Å². The van der Waals surface area contributed by atoms with Gasteiger partial charge in [0.15, 0.2) is 5.75 Å². The zero-order valence-electron chi connectivity index (χ0n) is 8.87. The van der Waals surface area contributed by atoms with Gasteiger partial charge in [-0.25, -0.2) is 0 Å². The number of rotatable bonds is 3. The number of hydrogen-bond donors (Lipinski definition) is 4. The summed E-state index contributed by atoms with van der Waals surface area (Å²) in [7, 11) is 0. The van der Waals surface area contributed by atoms with E-state index in [1.165, 1.54) is 0 Å². The molecule has 0 aromatic heterocycles. The predicted octanol–water partition coefficient (Wildman–Crippen LogP) is 1.22. The van der Waals surface area contributed by atoms with Crippen molar-refractivity contribution in [3.63, 3.8) is 0 Å². The molecule has 0 spiro atoms. The van der Waals surface area contributed by atoms with Crippen molar-refractivity contribution in [3.05, 3.63) is 5.56 Å². The van der Waals surface area contributed by atoms with E-state index in [9.17, 15) is 10.2 Å². The van der Waals surface area contributed by atoms with Gasteiger partial charge in [0.1, 0.15) is 22.9 Å². The van der Waals surface area contributed by atoms with Crippen LogP contribution < -0.4 is 16.2 Å². The number of benzene rings is 1. The van der Waals surface area contributed by atoms with E-state index in [4.69, 9.17) is 16.2 Å². The molecule has 0 amide bonds. The summed E-state index contributed by atoms with van der Waals surface area (Å²) in [5.41, 5.74) is 11.8. The Hall–Kier alpha value is -1.78. The highest BCUT2D eigenvalue weighted by Gasteiger charge is 2.20. The smallest absolute Gasteiger partial charge is 0.172 e. The number of aromatic hydroxyl groups is 2. The van der Waals surface area contributed by atoms with E-state index in [0.717, 1.165) is 0 Å². The Morgan fingerprint density at radius 2 is 1.53 bits per heavy atom. The number of nitrogen functional groups attached to an aromatic ring is 2. The van der Waals surface area contributed by atoms with Crippen LogP contribution in [0.15, 0.2) is 0 Å². The molecule has 6 N–H and O–H groups in total. The number of phenolic OH excluding ortho intramolecular Hbond substituents is 2. The Bertz CT molecular complexity index is 348. The lowest BCUT2D eigenvalue weighted by atomic mass is 10.1. The first kappa shape index (κ1) is 11.3. The van der Waals surface area contributed by atoms with Crippen molar-refractivity contribution >= 4 is 11.4 Å². The molecule has 1 aromatic rings. The maximum Gasteiger partial charge on any atom is 0.172 e. The van der Waals surface area contributed by atoms with Gasteiger partial charge in [0, 0.05) is 5.56 Å². The third-order valence-electron chi connectivity index (χ3n) is 2.21. The molecule has 1 rings (SSSR count). The van der Waals surface area contributed by atoms with Crippen LogP contribution in [0.5, 0.6) is 17.2 Å². The zero-order chi connectivity index (χ0) is 11.6. The van der Waals surface area contributed by atoms with E-state index >= 15 is 0 Å². The summed E-state index contributed by atoms with van der Waals surface area (Å²) in [6, 6.07) is 0. The van der Waals surface area contributed by atoms with Crippen LogP contribution in [0.25, 0.3) is 0 Å². The summed E-state index contributed by atoms with van der Waals surface area (Å²) < 4.78 is 5.16. The summed E-state index contributed by atoms with van der Waals surface area (Å²) >= 11 is 0. The molecule has 0 saturated carbocycles. The van der Waals surface area contributed by atoms with Crippen molar-refractivity contribution in [1.82, 2.24) is 0 Å². The Morgan fingerprint density at radius 1 is 1.07 bits per heavy atom. The molecule has 5 nitrogen and oxygen atoms in total. The SMILES string of the molecule is CCOc1c(N)c(O)c(CC)c(O)c1N. The van der Waals surface area contributed by atoms with Crippen LogP contribution in [-0.2, 0) is 6.42 Å². The Kier molecular flexibility index (Phi) is 3.14. The highest BCUT2D eigenvalue weighted by Crippen LogP contribution is 2.46. The lowest BCUT2D eigenvalue weighted by molar-refractivity contribution is 0.338. The van der Waals surface area contributed by atoms with Crippen LogP contribution in [0.4, 0.5) is 11.4 Å². The normalized spacial score (nSPS) is 10.3. The predicted molar refractivity (Wildman–Crippen MR) is 59.1 cm³/mol. The van der Waals surface area contributed by atoms with Gasteiger partial charge >= 0.3 is 0 Å². The van der Waals surface area contributed by atoms with Crippen LogP contribution in [-0.4, -0.2) is 16.8 Å². The summed E-state index contributed by atoms with van der Waals surface area (Å²) in [5, 5.41) is 19.4.